The monoisotopic (exact) mass is 452 g/mol. The number of rotatable bonds is 6. The van der Waals surface area contributed by atoms with E-state index in [2.05, 4.69) is 26.9 Å². The number of anilines is 1. The van der Waals surface area contributed by atoms with Crippen LogP contribution in [0, 0.1) is 0 Å². The molecule has 3 heterocycles. The van der Waals surface area contributed by atoms with Gasteiger partial charge in [-0.05, 0) is 24.2 Å². The van der Waals surface area contributed by atoms with E-state index < -0.39 is 6.16 Å². The van der Waals surface area contributed by atoms with Crippen LogP contribution in [0.1, 0.15) is 25.3 Å². The molecule has 0 aliphatic carbocycles. The molecular weight excluding hydrogens is 434 g/mol. The average Bonchev–Trinajstić information content (AvgIpc) is 2.92. The van der Waals surface area contributed by atoms with Crippen LogP contribution in [-0.2, 0) is 6.54 Å². The van der Waals surface area contributed by atoms with Gasteiger partial charge in [0.1, 0.15) is 5.52 Å². The summed E-state index contributed by atoms with van der Waals surface area (Å²) >= 11 is 0. The molecule has 0 aliphatic rings. The smallest absolute Gasteiger partial charge is 0.652 e. The normalized spacial score (nSPS) is 9.55. The maximum Gasteiger partial charge on any atom is 1.00 e. The number of pyridine rings is 1. The van der Waals surface area contributed by atoms with Crippen molar-refractivity contribution < 1.29 is 123 Å². The number of H-pyrrole nitrogens is 1. The number of carboxylic acid groups (broad SMARTS) is 2. The number of aromatic nitrogens is 5. The zero-order valence-electron chi connectivity index (χ0n) is 16.5. The zero-order chi connectivity index (χ0) is 19.8. The quantitative estimate of drug-likeness (QED) is 0.272. The zero-order valence-corrected chi connectivity index (χ0v) is 22.8. The maximum absolute atomic E-state index is 12.2. The Labute approximate surface area is 251 Å². The third-order valence-electron chi connectivity index (χ3n) is 3.42. The van der Waals surface area contributed by atoms with E-state index in [0.717, 1.165) is 18.4 Å². The van der Waals surface area contributed by atoms with E-state index in [0.29, 0.717) is 24.3 Å². The summed E-state index contributed by atoms with van der Waals surface area (Å²) in [5.41, 5.74) is 7.35. The van der Waals surface area contributed by atoms with E-state index in [1.54, 1.807) is 12.4 Å². The van der Waals surface area contributed by atoms with E-state index in [-0.39, 0.29) is 120 Å². The number of hydrogen-bond acceptors (Lipinski definition) is 9. The van der Waals surface area contributed by atoms with Crippen LogP contribution in [0.15, 0.2) is 29.3 Å². The molecule has 0 spiro atoms. The van der Waals surface area contributed by atoms with Crippen molar-refractivity contribution in [1.29, 1.82) is 0 Å². The first-order valence-electron chi connectivity index (χ1n) is 8.08. The van der Waals surface area contributed by atoms with Gasteiger partial charge >= 0.3 is 114 Å². The molecule has 11 nitrogen and oxygen atoms in total. The maximum atomic E-state index is 12.2. The second-order valence-corrected chi connectivity index (χ2v) is 5.42. The van der Waals surface area contributed by atoms with Crippen molar-refractivity contribution in [2.75, 3.05) is 12.3 Å². The summed E-state index contributed by atoms with van der Waals surface area (Å²) in [6.45, 7) is 2.93. The second kappa shape index (κ2) is 14.6. The Morgan fingerprint density at radius 2 is 2.00 bits per heavy atom. The standard InChI is InChI=1S/C15H18N6O2.CH2O3.2K/c1-2-3-7-23-14-19-12(16)11-13(20-14)21(15(22)18-11)9-10-5-4-6-17-8-10;2-1(3)4;;/h4-6,8H,2-3,7,9H2,1H3,(H,18,22)(H2,16,19,20);(H2,2,3,4);;/q;;2*+1/p-2. The van der Waals surface area contributed by atoms with Crippen molar-refractivity contribution in [3.63, 3.8) is 0 Å². The molecule has 3 aromatic rings. The van der Waals surface area contributed by atoms with Crippen molar-refractivity contribution in [2.45, 2.75) is 26.3 Å². The van der Waals surface area contributed by atoms with Crippen LogP contribution in [0.3, 0.4) is 0 Å². The number of carbonyl (C=O) groups excluding carboxylic acids is 1. The van der Waals surface area contributed by atoms with E-state index in [1.165, 1.54) is 4.57 Å². The molecular formula is C16H18K2N6O5. The number of aromatic amines is 1. The molecule has 144 valence electrons. The number of nitrogens with zero attached hydrogens (tertiary/aromatic N) is 4. The van der Waals surface area contributed by atoms with Gasteiger partial charge in [0.15, 0.2) is 11.5 Å². The van der Waals surface area contributed by atoms with Gasteiger partial charge < -0.3 is 30.5 Å². The topological polar surface area (TPSA) is 175 Å². The molecule has 29 heavy (non-hydrogen) atoms. The van der Waals surface area contributed by atoms with Crippen LogP contribution in [-0.4, -0.2) is 37.3 Å². The number of hydrogen-bond donors (Lipinski definition) is 2. The summed E-state index contributed by atoms with van der Waals surface area (Å²) in [5, 5.41) is 16.7. The molecule has 13 heteroatoms. The van der Waals surface area contributed by atoms with E-state index in [9.17, 15) is 4.79 Å². The number of imidazole rings is 1. The number of fused-ring (bicyclic) bond motifs is 1. The van der Waals surface area contributed by atoms with Gasteiger partial charge in [-0.1, -0.05) is 19.4 Å². The first kappa shape index (κ1) is 28.6. The summed E-state index contributed by atoms with van der Waals surface area (Å²) in [4.78, 5) is 35.7. The Morgan fingerprint density at radius 3 is 2.59 bits per heavy atom. The summed E-state index contributed by atoms with van der Waals surface area (Å²) in [7, 11) is 0. The Morgan fingerprint density at radius 1 is 1.31 bits per heavy atom. The van der Waals surface area contributed by atoms with E-state index in [1.807, 2.05) is 12.1 Å². The molecule has 0 saturated heterocycles. The number of carbonyl (C=O) groups is 1. The number of nitrogens with two attached hydrogens (primary N) is 1. The first-order chi connectivity index (χ1) is 12.9. The number of nitrogens with one attached hydrogen (secondary N) is 1. The van der Waals surface area contributed by atoms with Gasteiger partial charge in [0.2, 0.25) is 0 Å². The van der Waals surface area contributed by atoms with Gasteiger partial charge in [-0.15, -0.1) is 0 Å². The van der Waals surface area contributed by atoms with Crippen LogP contribution in [0.2, 0.25) is 0 Å². The SMILES string of the molecule is CCCCOc1nc(N)c2[nH]c(=O)n(Cc3cccnc3)c2n1.O=C([O-])[O-].[K+].[K+]. The predicted octanol–water partition coefficient (Wildman–Crippen LogP) is -7.12. The van der Waals surface area contributed by atoms with Gasteiger partial charge in [0, 0.05) is 12.4 Å². The largest absolute Gasteiger partial charge is 1.00 e. The van der Waals surface area contributed by atoms with Gasteiger partial charge in [0.25, 0.3) is 0 Å². The van der Waals surface area contributed by atoms with Gasteiger partial charge in [-0.2, -0.15) is 9.97 Å². The minimum absolute atomic E-state index is 0. The molecule has 3 rings (SSSR count). The molecule has 3 N–H and O–H groups in total. The Hall–Kier alpha value is -0.357. The number of ether oxygens (including phenoxy) is 1. The van der Waals surface area contributed by atoms with Crippen molar-refractivity contribution in [2.24, 2.45) is 0 Å². The number of unbranched alkanes of at least 4 members (excludes halogenated alkanes) is 1. The van der Waals surface area contributed by atoms with Crippen molar-refractivity contribution in [1.82, 2.24) is 24.5 Å². The fourth-order valence-electron chi connectivity index (χ4n) is 2.22. The first-order valence-corrected chi connectivity index (χ1v) is 8.08. The molecule has 0 unspecified atom stereocenters. The average molecular weight is 453 g/mol. The molecule has 3 aromatic heterocycles. The summed E-state index contributed by atoms with van der Waals surface area (Å²) in [6, 6.07) is 3.89. The molecule has 0 amide bonds. The predicted molar refractivity (Wildman–Crippen MR) is 91.7 cm³/mol. The summed E-state index contributed by atoms with van der Waals surface area (Å²) in [5.74, 6) is 0.198. The van der Waals surface area contributed by atoms with Crippen LogP contribution in [0.5, 0.6) is 6.01 Å². The van der Waals surface area contributed by atoms with Crippen LogP contribution >= 0.6 is 0 Å². The van der Waals surface area contributed by atoms with Crippen molar-refractivity contribution in [3.05, 3.63) is 40.6 Å². The Balaban J connectivity index is 0.00000120. The molecule has 0 bridgehead atoms. The van der Waals surface area contributed by atoms with E-state index >= 15 is 0 Å². The fourth-order valence-corrected chi connectivity index (χ4v) is 2.22. The van der Waals surface area contributed by atoms with Crippen molar-refractivity contribution in [3.8, 4) is 6.01 Å². The molecule has 0 atom stereocenters. The van der Waals surface area contributed by atoms with Crippen LogP contribution in [0.4, 0.5) is 10.6 Å². The van der Waals surface area contributed by atoms with Crippen LogP contribution < -0.4 is 129 Å². The van der Waals surface area contributed by atoms with Crippen LogP contribution in [0.25, 0.3) is 11.2 Å². The van der Waals surface area contributed by atoms with Crippen molar-refractivity contribution >= 4 is 23.1 Å². The fraction of sp³-hybridized carbons (Fsp3) is 0.312. The van der Waals surface area contributed by atoms with Gasteiger partial charge in [-0.3, -0.25) is 9.55 Å². The molecule has 0 fully saturated rings. The third kappa shape index (κ3) is 9.12. The molecule has 0 saturated carbocycles. The number of nitrogen functional groups attached to an aromatic ring is 1. The van der Waals surface area contributed by atoms with Gasteiger partial charge in [-0.25, -0.2) is 4.79 Å². The second-order valence-electron chi connectivity index (χ2n) is 5.42. The Kier molecular flexibility index (Phi) is 14.4. The molecule has 0 radical (unpaired) electrons. The van der Waals surface area contributed by atoms with E-state index in [4.69, 9.17) is 25.5 Å². The minimum atomic E-state index is -2.33. The molecule has 0 aliphatic heterocycles. The molecule has 0 aromatic carbocycles. The minimum Gasteiger partial charge on any atom is -0.652 e. The Bertz CT molecular complexity index is 960. The van der Waals surface area contributed by atoms with Gasteiger partial charge in [0.05, 0.1) is 13.2 Å². The summed E-state index contributed by atoms with van der Waals surface area (Å²) in [6.07, 6.45) is 2.96. The third-order valence-corrected chi connectivity index (χ3v) is 3.42. The summed E-state index contributed by atoms with van der Waals surface area (Å²) < 4.78 is 7.00.